The number of aliphatic hydroxyl groups is 2. The van der Waals surface area contributed by atoms with Crippen LogP contribution in [0.1, 0.15) is 213 Å². The fraction of sp³-hybridized carbons (Fsp3) is 0.972. The quantitative estimate of drug-likeness (QED) is 0.0773. The summed E-state index contributed by atoms with van der Waals surface area (Å²) in [5.74, 6) is -1.52. The molecule has 0 aromatic heterocycles. The van der Waals surface area contributed by atoms with Gasteiger partial charge in [-0.2, -0.15) is 0 Å². The molecular weight excluding hydrogens is 496 g/mol. The number of unbranched alkanes of at least 4 members (excludes halogenated alkanes) is 27. The van der Waals surface area contributed by atoms with Crippen LogP contribution >= 0.6 is 0 Å². The van der Waals surface area contributed by atoms with Gasteiger partial charge in [0.15, 0.2) is 0 Å². The Morgan fingerprint density at radius 2 is 0.750 bits per heavy atom. The molecule has 0 aliphatic heterocycles. The highest BCUT2D eigenvalue weighted by Crippen LogP contribution is 2.24. The minimum Gasteiger partial charge on any atom is -0.547 e. The van der Waals surface area contributed by atoms with Crippen LogP contribution in [0.4, 0.5) is 0 Å². The summed E-state index contributed by atoms with van der Waals surface area (Å²) in [6, 6.07) is 0. The van der Waals surface area contributed by atoms with Crippen LogP contribution in [0.3, 0.4) is 0 Å². The summed E-state index contributed by atoms with van der Waals surface area (Å²) >= 11 is 0. The van der Waals surface area contributed by atoms with Crippen molar-refractivity contribution < 1.29 is 20.1 Å². The lowest BCUT2D eigenvalue weighted by Crippen LogP contribution is -2.56. The van der Waals surface area contributed by atoms with E-state index in [9.17, 15) is 20.1 Å². The van der Waals surface area contributed by atoms with E-state index in [1.807, 2.05) is 0 Å². The number of carboxylic acids is 1. The third kappa shape index (κ3) is 24.0. The maximum Gasteiger partial charge on any atom is 0.130 e. The minimum absolute atomic E-state index is 0.0905. The third-order valence-electron chi connectivity index (χ3n) is 8.90. The molecule has 4 nitrogen and oxygen atoms in total. The number of carboxylic acid groups (broad SMARTS) is 1. The van der Waals surface area contributed by atoms with E-state index in [1.165, 1.54) is 148 Å². The van der Waals surface area contributed by atoms with Gasteiger partial charge in [0.05, 0.1) is 12.1 Å². The standard InChI is InChI=1S/C36H72O4/c1-3-5-7-9-11-13-15-17-19-20-22-24-26-28-30-32-34(37)36(40,35(38)39)33-31-29-27-25-23-21-18-16-14-12-10-8-6-4-2/h34,37,40H,3-33H2,1-2H3,(H,38,39)/p-1. The first-order valence-corrected chi connectivity index (χ1v) is 18.1. The van der Waals surface area contributed by atoms with Gasteiger partial charge < -0.3 is 20.1 Å². The van der Waals surface area contributed by atoms with Crippen molar-refractivity contribution in [1.29, 1.82) is 0 Å². The van der Waals surface area contributed by atoms with Crippen LogP contribution in [0.5, 0.6) is 0 Å². The summed E-state index contributed by atoms with van der Waals surface area (Å²) in [7, 11) is 0. The first-order chi connectivity index (χ1) is 19.5. The lowest BCUT2D eigenvalue weighted by atomic mass is 9.87. The highest BCUT2D eigenvalue weighted by molar-refractivity contribution is 5.75. The second kappa shape index (κ2) is 29.9. The lowest BCUT2D eigenvalue weighted by molar-refractivity contribution is -0.331. The van der Waals surface area contributed by atoms with E-state index in [0.717, 1.165) is 32.1 Å². The van der Waals surface area contributed by atoms with Crippen molar-refractivity contribution in [3.63, 3.8) is 0 Å². The molecule has 0 radical (unpaired) electrons. The van der Waals surface area contributed by atoms with Gasteiger partial charge in [0.1, 0.15) is 5.60 Å². The highest BCUT2D eigenvalue weighted by Gasteiger charge is 2.36. The summed E-state index contributed by atoms with van der Waals surface area (Å²) in [5, 5.41) is 32.8. The predicted octanol–water partition coefficient (Wildman–Crippen LogP) is 9.96. The second-order valence-electron chi connectivity index (χ2n) is 12.8. The van der Waals surface area contributed by atoms with E-state index in [-0.39, 0.29) is 6.42 Å². The van der Waals surface area contributed by atoms with Gasteiger partial charge in [0.25, 0.3) is 0 Å². The molecule has 2 N–H and O–H groups in total. The Labute approximate surface area is 250 Å². The first kappa shape index (κ1) is 39.4. The molecule has 4 heteroatoms. The molecule has 0 aliphatic carbocycles. The number of hydrogen-bond donors (Lipinski definition) is 2. The fourth-order valence-corrected chi connectivity index (χ4v) is 5.94. The zero-order valence-electron chi connectivity index (χ0n) is 27.2. The number of carbonyl (C=O) groups excluding carboxylic acids is 1. The Morgan fingerprint density at radius 3 is 1.02 bits per heavy atom. The summed E-state index contributed by atoms with van der Waals surface area (Å²) in [5.41, 5.74) is -2.10. The molecule has 0 fully saturated rings. The largest absolute Gasteiger partial charge is 0.547 e. The Hall–Kier alpha value is -0.610. The van der Waals surface area contributed by atoms with Crippen LogP contribution in [-0.2, 0) is 4.79 Å². The van der Waals surface area contributed by atoms with Crippen molar-refractivity contribution >= 4 is 5.97 Å². The monoisotopic (exact) mass is 568 g/mol. The molecule has 0 bridgehead atoms. The van der Waals surface area contributed by atoms with Crippen LogP contribution in [0.15, 0.2) is 0 Å². The molecule has 0 spiro atoms. The van der Waals surface area contributed by atoms with Gasteiger partial charge in [0, 0.05) is 0 Å². The van der Waals surface area contributed by atoms with Crippen LogP contribution in [0, 0.1) is 0 Å². The summed E-state index contributed by atoms with van der Waals surface area (Å²) in [6.45, 7) is 4.53. The van der Waals surface area contributed by atoms with Crippen molar-refractivity contribution in [2.24, 2.45) is 0 Å². The van der Waals surface area contributed by atoms with E-state index >= 15 is 0 Å². The number of hydrogen-bond acceptors (Lipinski definition) is 4. The molecule has 240 valence electrons. The fourth-order valence-electron chi connectivity index (χ4n) is 5.94. The van der Waals surface area contributed by atoms with Crippen LogP contribution in [0.2, 0.25) is 0 Å². The van der Waals surface area contributed by atoms with Gasteiger partial charge in [-0.25, -0.2) is 0 Å². The summed E-state index contributed by atoms with van der Waals surface area (Å²) < 4.78 is 0. The van der Waals surface area contributed by atoms with Crippen molar-refractivity contribution in [2.75, 3.05) is 0 Å². The number of aliphatic carboxylic acids is 1. The average molecular weight is 568 g/mol. The van der Waals surface area contributed by atoms with Crippen molar-refractivity contribution in [2.45, 2.75) is 225 Å². The predicted molar refractivity (Wildman–Crippen MR) is 170 cm³/mol. The van der Waals surface area contributed by atoms with Gasteiger partial charge in [0.2, 0.25) is 0 Å². The molecule has 40 heavy (non-hydrogen) atoms. The van der Waals surface area contributed by atoms with Crippen molar-refractivity contribution in [3.8, 4) is 0 Å². The van der Waals surface area contributed by atoms with E-state index in [4.69, 9.17) is 0 Å². The summed E-state index contributed by atoms with van der Waals surface area (Å²) in [6.07, 6.45) is 35.4. The molecule has 0 amide bonds. The average Bonchev–Trinajstić information content (AvgIpc) is 2.94. The van der Waals surface area contributed by atoms with Crippen molar-refractivity contribution in [3.05, 3.63) is 0 Å². The van der Waals surface area contributed by atoms with Crippen LogP contribution < -0.4 is 5.11 Å². The normalized spacial score (nSPS) is 13.9. The molecule has 0 saturated heterocycles. The SMILES string of the molecule is CCCCCCCCCCCCCCCCCC(O)C(O)(CCCCCCCCCCCCCCCC)C(=O)[O-]. The molecule has 0 rings (SSSR count). The molecule has 0 aromatic rings. The van der Waals surface area contributed by atoms with E-state index < -0.39 is 17.7 Å². The zero-order valence-corrected chi connectivity index (χ0v) is 27.2. The van der Waals surface area contributed by atoms with Gasteiger partial charge in [-0.05, 0) is 12.8 Å². The Bertz CT molecular complexity index is 523. The molecule has 0 aromatic carbocycles. The van der Waals surface area contributed by atoms with E-state index in [2.05, 4.69) is 13.8 Å². The van der Waals surface area contributed by atoms with Gasteiger partial charge in [-0.1, -0.05) is 200 Å². The van der Waals surface area contributed by atoms with Gasteiger partial charge >= 0.3 is 0 Å². The zero-order chi connectivity index (χ0) is 29.6. The molecule has 2 unspecified atom stereocenters. The number of rotatable bonds is 33. The lowest BCUT2D eigenvalue weighted by Gasteiger charge is -2.34. The Morgan fingerprint density at radius 1 is 0.500 bits per heavy atom. The second-order valence-corrected chi connectivity index (χ2v) is 12.8. The topological polar surface area (TPSA) is 80.6 Å². The van der Waals surface area contributed by atoms with E-state index in [1.54, 1.807) is 0 Å². The van der Waals surface area contributed by atoms with Crippen LogP contribution in [0.25, 0.3) is 0 Å². The molecule has 2 atom stereocenters. The Balaban J connectivity index is 3.67. The molecule has 0 saturated carbocycles. The molecular formula is C36H71O4-. The number of aliphatic hydroxyl groups excluding tert-OH is 1. The Kier molecular flexibility index (Phi) is 29.4. The smallest absolute Gasteiger partial charge is 0.130 e. The van der Waals surface area contributed by atoms with Gasteiger partial charge in [-0.3, -0.25) is 0 Å². The van der Waals surface area contributed by atoms with Gasteiger partial charge in [-0.15, -0.1) is 0 Å². The third-order valence-corrected chi connectivity index (χ3v) is 8.90. The maximum atomic E-state index is 11.7. The highest BCUT2D eigenvalue weighted by atomic mass is 16.4. The summed E-state index contributed by atoms with van der Waals surface area (Å²) in [4.78, 5) is 11.7. The maximum absolute atomic E-state index is 11.7. The number of carbonyl (C=O) groups is 1. The molecule has 0 aliphatic rings. The van der Waals surface area contributed by atoms with E-state index in [0.29, 0.717) is 12.8 Å². The van der Waals surface area contributed by atoms with Crippen molar-refractivity contribution in [1.82, 2.24) is 0 Å². The van der Waals surface area contributed by atoms with Crippen LogP contribution in [-0.4, -0.2) is 27.9 Å². The molecule has 0 heterocycles. The first-order valence-electron chi connectivity index (χ1n) is 18.1. The minimum atomic E-state index is -2.10.